The molecule has 0 aromatic carbocycles. The van der Waals surface area contributed by atoms with Crippen LogP contribution >= 0.6 is 7.82 Å². The molecule has 12 heteroatoms. The predicted octanol–water partition coefficient (Wildman–Crippen LogP) is 15.7. The van der Waals surface area contributed by atoms with Gasteiger partial charge in [0, 0.05) is 12.8 Å². The van der Waals surface area contributed by atoms with Crippen molar-refractivity contribution in [2.45, 2.75) is 283 Å². The van der Waals surface area contributed by atoms with Crippen molar-refractivity contribution in [3.63, 3.8) is 0 Å². The summed E-state index contributed by atoms with van der Waals surface area (Å²) in [6, 6.07) is -1.52. The first-order chi connectivity index (χ1) is 32.1. The molecule has 0 saturated heterocycles. The third-order valence-electron chi connectivity index (χ3n) is 12.2. The number of carbonyl (C=O) groups excluding carboxylic acids is 2. The summed E-state index contributed by atoms with van der Waals surface area (Å²) in [5.74, 6) is -2.36. The first-order valence-electron chi connectivity index (χ1n) is 27.4. The number of carbonyl (C=O) groups is 3. The van der Waals surface area contributed by atoms with Crippen molar-refractivity contribution in [1.29, 1.82) is 0 Å². The molecule has 1 unspecified atom stereocenters. The number of carboxylic acid groups (broad SMARTS) is 1. The Morgan fingerprint density at radius 3 is 1.21 bits per heavy atom. The molecule has 0 aliphatic carbocycles. The third-order valence-corrected chi connectivity index (χ3v) is 13.2. The molecule has 0 fully saturated rings. The fraction of sp³-hybridized carbons (Fsp3) is 0.870. The minimum Gasteiger partial charge on any atom is -0.480 e. The second-order valence-corrected chi connectivity index (χ2v) is 20.2. The van der Waals surface area contributed by atoms with Gasteiger partial charge < -0.3 is 25.2 Å². The lowest BCUT2D eigenvalue weighted by molar-refractivity contribution is -0.161. The van der Waals surface area contributed by atoms with Gasteiger partial charge in [0.1, 0.15) is 12.6 Å². The van der Waals surface area contributed by atoms with Gasteiger partial charge in [-0.25, -0.2) is 4.57 Å². The number of unbranched alkanes of at least 4 members (excludes halogenated alkanes) is 34. The van der Waals surface area contributed by atoms with Crippen molar-refractivity contribution in [2.24, 2.45) is 5.73 Å². The molecule has 66 heavy (non-hydrogen) atoms. The average Bonchev–Trinajstić information content (AvgIpc) is 3.30. The van der Waals surface area contributed by atoms with Crippen LogP contribution in [0.4, 0.5) is 0 Å². The summed E-state index contributed by atoms with van der Waals surface area (Å²) in [5.41, 5.74) is 5.36. The number of phosphoric acid groups is 1. The van der Waals surface area contributed by atoms with E-state index in [1.807, 2.05) is 0 Å². The van der Waals surface area contributed by atoms with Gasteiger partial charge in [-0.1, -0.05) is 237 Å². The van der Waals surface area contributed by atoms with Gasteiger partial charge in [-0.3, -0.25) is 23.4 Å². The second kappa shape index (κ2) is 49.4. The van der Waals surface area contributed by atoms with Gasteiger partial charge in [-0.2, -0.15) is 0 Å². The first-order valence-corrected chi connectivity index (χ1v) is 28.9. The second-order valence-electron chi connectivity index (χ2n) is 18.7. The van der Waals surface area contributed by atoms with Gasteiger partial charge in [0.2, 0.25) is 0 Å². The molecule has 0 saturated carbocycles. The maximum absolute atomic E-state index is 12.7. The summed E-state index contributed by atoms with van der Waals surface area (Å²) in [6.45, 7) is 2.83. The van der Waals surface area contributed by atoms with Gasteiger partial charge in [-0.05, 0) is 44.9 Å². The zero-order chi connectivity index (χ0) is 48.4. The molecule has 0 amide bonds. The molecule has 11 nitrogen and oxygen atoms in total. The highest BCUT2D eigenvalue weighted by Crippen LogP contribution is 2.43. The summed E-state index contributed by atoms with van der Waals surface area (Å²) >= 11 is 0. The molecular weight excluding hydrogens is 854 g/mol. The van der Waals surface area contributed by atoms with Crippen LogP contribution in [0.3, 0.4) is 0 Å². The monoisotopic (exact) mass is 956 g/mol. The van der Waals surface area contributed by atoms with E-state index in [1.54, 1.807) is 0 Å². The highest BCUT2D eigenvalue weighted by molar-refractivity contribution is 7.47. The fourth-order valence-electron chi connectivity index (χ4n) is 7.92. The lowest BCUT2D eigenvalue weighted by Crippen LogP contribution is -2.34. The Balaban J connectivity index is 4.17. The summed E-state index contributed by atoms with van der Waals surface area (Å²) < 4.78 is 32.9. The smallest absolute Gasteiger partial charge is 0.472 e. The Bertz CT molecular complexity index is 1210. The molecule has 4 N–H and O–H groups in total. The summed E-state index contributed by atoms with van der Waals surface area (Å²) in [4.78, 5) is 46.3. The zero-order valence-corrected chi connectivity index (χ0v) is 43.4. The Morgan fingerprint density at radius 1 is 0.470 bits per heavy atom. The van der Waals surface area contributed by atoms with Crippen LogP contribution in [0, 0.1) is 0 Å². The van der Waals surface area contributed by atoms with Gasteiger partial charge in [0.25, 0.3) is 0 Å². The molecular formula is C54H102NO10P. The van der Waals surface area contributed by atoms with Crippen LogP contribution in [0.25, 0.3) is 0 Å². The van der Waals surface area contributed by atoms with Crippen LogP contribution in [-0.2, 0) is 37.5 Å². The molecule has 0 rings (SSSR count). The van der Waals surface area contributed by atoms with Crippen molar-refractivity contribution in [3.05, 3.63) is 24.3 Å². The molecule has 0 radical (unpaired) electrons. The third kappa shape index (κ3) is 48.4. The maximum atomic E-state index is 12.7. The number of nitrogens with two attached hydrogens (primary N) is 1. The number of hydrogen-bond donors (Lipinski definition) is 3. The van der Waals surface area contributed by atoms with Crippen LogP contribution in [0.5, 0.6) is 0 Å². The number of carboxylic acids is 1. The van der Waals surface area contributed by atoms with Crippen LogP contribution in [-0.4, -0.2) is 59.9 Å². The average molecular weight is 956 g/mol. The van der Waals surface area contributed by atoms with Gasteiger partial charge in [0.15, 0.2) is 6.10 Å². The van der Waals surface area contributed by atoms with E-state index >= 15 is 0 Å². The summed E-state index contributed by atoms with van der Waals surface area (Å²) in [6.07, 6.45) is 55.3. The normalized spacial score (nSPS) is 13.6. The van der Waals surface area contributed by atoms with Crippen LogP contribution in [0.15, 0.2) is 24.3 Å². The lowest BCUT2D eigenvalue weighted by Gasteiger charge is -2.20. The Hall–Kier alpha value is -2.04. The largest absolute Gasteiger partial charge is 0.480 e. The summed E-state index contributed by atoms with van der Waals surface area (Å²) in [5, 5.41) is 8.93. The molecule has 0 aliphatic heterocycles. The first kappa shape index (κ1) is 64.0. The lowest BCUT2D eigenvalue weighted by atomic mass is 10.0. The van der Waals surface area contributed by atoms with E-state index in [9.17, 15) is 23.8 Å². The molecule has 0 aromatic heterocycles. The molecule has 0 aliphatic rings. The standard InChI is InChI=1S/C54H102NO10P/c1-3-5-7-9-11-13-15-17-19-21-23-24-25-26-28-30-32-34-36-38-40-42-44-46-53(57)65-50(48-63-66(60,61)64-49-51(55)54(58)59)47-62-52(56)45-43-41-39-37-35-33-31-29-27-22-20-18-16-14-12-10-8-6-4-2/h12,14,18,20,50-51H,3-11,13,15-17,19,21-49,55H2,1-2H3,(H,58,59)(H,60,61)/b14-12+,20-18+/t50-,51+/m1/s1. The molecule has 0 heterocycles. The van der Waals surface area contributed by atoms with E-state index in [4.69, 9.17) is 29.4 Å². The minimum atomic E-state index is -4.72. The van der Waals surface area contributed by atoms with Crippen molar-refractivity contribution in [1.82, 2.24) is 0 Å². The highest BCUT2D eigenvalue weighted by atomic mass is 31.2. The zero-order valence-electron chi connectivity index (χ0n) is 42.6. The van der Waals surface area contributed by atoms with Crippen molar-refractivity contribution >= 4 is 25.7 Å². The molecule has 3 atom stereocenters. The van der Waals surface area contributed by atoms with Crippen molar-refractivity contribution < 1.29 is 47.5 Å². The topological polar surface area (TPSA) is 172 Å². The molecule has 0 aromatic rings. The fourth-order valence-corrected chi connectivity index (χ4v) is 8.70. The Morgan fingerprint density at radius 2 is 0.803 bits per heavy atom. The van der Waals surface area contributed by atoms with Crippen LogP contribution in [0.2, 0.25) is 0 Å². The van der Waals surface area contributed by atoms with Gasteiger partial charge >= 0.3 is 25.7 Å². The van der Waals surface area contributed by atoms with E-state index in [1.165, 1.54) is 180 Å². The molecule has 0 bridgehead atoms. The Labute approximate surface area is 404 Å². The van der Waals surface area contributed by atoms with E-state index in [0.29, 0.717) is 12.8 Å². The summed E-state index contributed by atoms with van der Waals surface area (Å²) in [7, 11) is -4.72. The number of aliphatic carboxylic acids is 1. The van der Waals surface area contributed by atoms with E-state index in [0.717, 1.165) is 51.4 Å². The van der Waals surface area contributed by atoms with E-state index < -0.39 is 51.1 Å². The van der Waals surface area contributed by atoms with E-state index in [-0.39, 0.29) is 19.4 Å². The number of esters is 2. The Kier molecular flexibility index (Phi) is 47.9. The van der Waals surface area contributed by atoms with Crippen LogP contribution in [0.1, 0.15) is 271 Å². The number of phosphoric ester groups is 1. The quantitative estimate of drug-likeness (QED) is 0.0229. The van der Waals surface area contributed by atoms with Crippen LogP contribution < -0.4 is 5.73 Å². The van der Waals surface area contributed by atoms with Gasteiger partial charge in [-0.15, -0.1) is 0 Å². The maximum Gasteiger partial charge on any atom is 0.472 e. The van der Waals surface area contributed by atoms with Crippen molar-refractivity contribution in [3.8, 4) is 0 Å². The SMILES string of the molecule is CCCCC/C=C/C/C=C/CCCCCCCCCCCC(=O)OC[C@H](COP(=O)(O)OC[C@H](N)C(=O)O)OC(=O)CCCCCCCCCCCCCCCCCCCCCCCCC. The van der Waals surface area contributed by atoms with E-state index in [2.05, 4.69) is 38.2 Å². The number of allylic oxidation sites excluding steroid dienone is 4. The number of ether oxygens (including phenoxy) is 2. The predicted molar refractivity (Wildman–Crippen MR) is 272 cm³/mol. The highest BCUT2D eigenvalue weighted by Gasteiger charge is 2.28. The molecule has 388 valence electrons. The number of rotatable bonds is 52. The van der Waals surface area contributed by atoms with Crippen molar-refractivity contribution in [2.75, 3.05) is 19.8 Å². The molecule has 0 spiro atoms. The minimum absolute atomic E-state index is 0.166. The van der Waals surface area contributed by atoms with Gasteiger partial charge in [0.05, 0.1) is 13.2 Å². The number of hydrogen-bond acceptors (Lipinski definition) is 9.